The molecule has 0 radical (unpaired) electrons. The summed E-state index contributed by atoms with van der Waals surface area (Å²) in [5.74, 6) is 0.897. The fourth-order valence-electron chi connectivity index (χ4n) is 3.98. The molecule has 0 aliphatic carbocycles. The van der Waals surface area contributed by atoms with Crippen LogP contribution in [0.1, 0.15) is 31.4 Å². The summed E-state index contributed by atoms with van der Waals surface area (Å²) in [5.41, 5.74) is 1.87. The first-order valence-corrected chi connectivity index (χ1v) is 10.3. The number of hydrogen-bond donors (Lipinski definition) is 0. The first-order valence-electron chi connectivity index (χ1n) is 10.3. The first-order chi connectivity index (χ1) is 14.5. The zero-order valence-electron chi connectivity index (χ0n) is 17.8. The number of carbonyl (C=O) groups is 2. The summed E-state index contributed by atoms with van der Waals surface area (Å²) in [6.07, 6.45) is 2.86. The first kappa shape index (κ1) is 21.6. The predicted molar refractivity (Wildman–Crippen MR) is 118 cm³/mol. The number of methoxy groups -OCH3 is 1. The zero-order valence-corrected chi connectivity index (χ0v) is 17.8. The smallest absolute Gasteiger partial charge is 0.339 e. The van der Waals surface area contributed by atoms with Crippen molar-refractivity contribution in [3.8, 4) is 5.75 Å². The molecule has 0 aromatic heterocycles. The van der Waals surface area contributed by atoms with Crippen molar-refractivity contribution in [1.82, 2.24) is 4.90 Å². The van der Waals surface area contributed by atoms with E-state index in [1.54, 1.807) is 18.1 Å². The topological polar surface area (TPSA) is 55.8 Å². The Morgan fingerprint density at radius 1 is 1.00 bits per heavy atom. The number of rotatable bonds is 6. The van der Waals surface area contributed by atoms with Gasteiger partial charge in [-0.1, -0.05) is 62.4 Å². The van der Waals surface area contributed by atoms with Gasteiger partial charge in [-0.05, 0) is 36.0 Å². The van der Waals surface area contributed by atoms with E-state index in [1.807, 2.05) is 54.6 Å². The highest BCUT2D eigenvalue weighted by Gasteiger charge is 2.26. The number of para-hydroxylation sites is 1. The largest absolute Gasteiger partial charge is 0.496 e. The van der Waals surface area contributed by atoms with E-state index in [-0.39, 0.29) is 12.5 Å². The maximum absolute atomic E-state index is 13.0. The normalized spacial score (nSPS) is 19.3. The van der Waals surface area contributed by atoms with Crippen LogP contribution in [0, 0.1) is 11.8 Å². The molecule has 0 spiro atoms. The molecule has 5 heteroatoms. The quantitative estimate of drug-likeness (QED) is 0.407. The summed E-state index contributed by atoms with van der Waals surface area (Å²) in [5, 5.41) is 0. The lowest BCUT2D eigenvalue weighted by Gasteiger charge is -2.34. The lowest BCUT2D eigenvalue weighted by atomic mass is 9.92. The van der Waals surface area contributed by atoms with Gasteiger partial charge in [-0.15, -0.1) is 0 Å². The second-order valence-corrected chi connectivity index (χ2v) is 7.99. The van der Waals surface area contributed by atoms with Crippen molar-refractivity contribution in [3.05, 3.63) is 65.7 Å². The van der Waals surface area contributed by atoms with Crippen molar-refractivity contribution in [3.63, 3.8) is 0 Å². The molecule has 0 saturated carbocycles. The lowest BCUT2D eigenvalue weighted by Crippen LogP contribution is -2.44. The van der Waals surface area contributed by atoms with Crippen LogP contribution in [-0.4, -0.2) is 43.6 Å². The SMILES string of the molecule is COc1ccccc1/C=C(/C(=O)OCC(=O)N1C[C@H](C)C[C@H](C)C1)c1ccccc1. The molecule has 2 aromatic rings. The van der Waals surface area contributed by atoms with Crippen LogP contribution in [0.2, 0.25) is 0 Å². The average Bonchev–Trinajstić information content (AvgIpc) is 2.75. The van der Waals surface area contributed by atoms with E-state index < -0.39 is 5.97 Å². The van der Waals surface area contributed by atoms with Gasteiger partial charge in [0.25, 0.3) is 5.91 Å². The number of amides is 1. The molecule has 5 nitrogen and oxygen atoms in total. The van der Waals surface area contributed by atoms with Crippen LogP contribution in [0.5, 0.6) is 5.75 Å². The Morgan fingerprint density at radius 2 is 1.63 bits per heavy atom. The minimum absolute atomic E-state index is 0.147. The number of carbonyl (C=O) groups excluding carboxylic acids is 2. The molecule has 1 saturated heterocycles. The van der Waals surface area contributed by atoms with Gasteiger partial charge in [0.1, 0.15) is 5.75 Å². The molecule has 30 heavy (non-hydrogen) atoms. The van der Waals surface area contributed by atoms with Gasteiger partial charge in [0, 0.05) is 18.7 Å². The Hall–Kier alpha value is -3.08. The molecular weight excluding hydrogens is 378 g/mol. The van der Waals surface area contributed by atoms with Crippen molar-refractivity contribution < 1.29 is 19.1 Å². The Bertz CT molecular complexity index is 896. The summed E-state index contributed by atoms with van der Waals surface area (Å²) in [6.45, 7) is 5.46. The van der Waals surface area contributed by atoms with E-state index in [0.29, 0.717) is 36.2 Å². The molecule has 1 heterocycles. The predicted octanol–water partition coefficient (Wildman–Crippen LogP) is 4.28. The fourth-order valence-corrected chi connectivity index (χ4v) is 3.98. The maximum atomic E-state index is 13.0. The molecular formula is C25H29NO4. The van der Waals surface area contributed by atoms with Gasteiger partial charge in [-0.2, -0.15) is 0 Å². The van der Waals surface area contributed by atoms with Gasteiger partial charge in [-0.3, -0.25) is 4.79 Å². The van der Waals surface area contributed by atoms with Gasteiger partial charge >= 0.3 is 5.97 Å². The Labute approximate surface area is 178 Å². The molecule has 0 bridgehead atoms. The molecule has 1 fully saturated rings. The molecule has 1 aliphatic heterocycles. The molecule has 1 amide bonds. The summed E-state index contributed by atoms with van der Waals surface area (Å²) in [7, 11) is 1.59. The molecule has 3 rings (SSSR count). The second kappa shape index (κ2) is 10.1. The monoisotopic (exact) mass is 407 g/mol. The summed E-state index contributed by atoms with van der Waals surface area (Å²) >= 11 is 0. The van der Waals surface area contributed by atoms with Crippen LogP contribution < -0.4 is 4.74 Å². The maximum Gasteiger partial charge on any atom is 0.339 e. The highest BCUT2D eigenvalue weighted by atomic mass is 16.5. The van der Waals surface area contributed by atoms with E-state index in [1.165, 1.54) is 0 Å². The summed E-state index contributed by atoms with van der Waals surface area (Å²) in [4.78, 5) is 27.4. The van der Waals surface area contributed by atoms with Gasteiger partial charge < -0.3 is 14.4 Å². The van der Waals surface area contributed by atoms with Crippen molar-refractivity contribution in [2.45, 2.75) is 20.3 Å². The van der Waals surface area contributed by atoms with Crippen molar-refractivity contribution in [1.29, 1.82) is 0 Å². The number of nitrogens with zero attached hydrogens (tertiary/aromatic N) is 1. The number of benzene rings is 2. The van der Waals surface area contributed by atoms with Crippen molar-refractivity contribution in [2.75, 3.05) is 26.8 Å². The molecule has 1 aliphatic rings. The Morgan fingerprint density at radius 3 is 2.30 bits per heavy atom. The third kappa shape index (κ3) is 5.50. The Balaban J connectivity index is 1.78. The van der Waals surface area contributed by atoms with E-state index in [9.17, 15) is 9.59 Å². The van der Waals surface area contributed by atoms with E-state index in [0.717, 1.165) is 17.5 Å². The molecule has 0 unspecified atom stereocenters. The highest BCUT2D eigenvalue weighted by Crippen LogP contribution is 2.26. The summed E-state index contributed by atoms with van der Waals surface area (Å²) in [6, 6.07) is 16.8. The minimum atomic E-state index is -0.529. The van der Waals surface area contributed by atoms with E-state index >= 15 is 0 Å². The summed E-state index contributed by atoms with van der Waals surface area (Å²) < 4.78 is 10.9. The average molecular weight is 408 g/mol. The van der Waals surface area contributed by atoms with Crippen molar-refractivity contribution in [2.24, 2.45) is 11.8 Å². The van der Waals surface area contributed by atoms with Gasteiger partial charge in [0.05, 0.1) is 12.7 Å². The van der Waals surface area contributed by atoms with Crippen LogP contribution in [0.4, 0.5) is 0 Å². The molecule has 158 valence electrons. The zero-order chi connectivity index (χ0) is 21.5. The van der Waals surface area contributed by atoms with E-state index in [4.69, 9.17) is 9.47 Å². The molecule has 2 atom stereocenters. The Kier molecular flexibility index (Phi) is 7.28. The van der Waals surface area contributed by atoms with Crippen LogP contribution in [0.3, 0.4) is 0 Å². The number of piperidine rings is 1. The fraction of sp³-hybridized carbons (Fsp3) is 0.360. The van der Waals surface area contributed by atoms with Crippen LogP contribution >= 0.6 is 0 Å². The van der Waals surface area contributed by atoms with Crippen molar-refractivity contribution >= 4 is 23.5 Å². The number of esters is 1. The minimum Gasteiger partial charge on any atom is -0.496 e. The molecule has 2 aromatic carbocycles. The van der Waals surface area contributed by atoms with Gasteiger partial charge in [0.15, 0.2) is 6.61 Å². The molecule has 0 N–H and O–H groups in total. The second-order valence-electron chi connectivity index (χ2n) is 7.99. The van der Waals surface area contributed by atoms with Crippen LogP contribution in [0.15, 0.2) is 54.6 Å². The van der Waals surface area contributed by atoms with Crippen LogP contribution in [-0.2, 0) is 14.3 Å². The highest BCUT2D eigenvalue weighted by molar-refractivity contribution is 6.22. The van der Waals surface area contributed by atoms with Gasteiger partial charge in [0.2, 0.25) is 0 Å². The number of likely N-dealkylation sites (tertiary alicyclic amines) is 1. The van der Waals surface area contributed by atoms with Crippen LogP contribution in [0.25, 0.3) is 11.6 Å². The number of ether oxygens (including phenoxy) is 2. The third-order valence-corrected chi connectivity index (χ3v) is 5.29. The van der Waals surface area contributed by atoms with E-state index in [2.05, 4.69) is 13.8 Å². The standard InChI is InChI=1S/C25H29NO4/c1-18-13-19(2)16-26(15-18)24(27)17-30-25(28)22(20-9-5-4-6-10-20)14-21-11-7-8-12-23(21)29-3/h4-12,14,18-19H,13,15-17H2,1-3H3/b22-14+/t18-,19+. The number of hydrogen-bond acceptors (Lipinski definition) is 4. The van der Waals surface area contributed by atoms with Gasteiger partial charge in [-0.25, -0.2) is 4.79 Å². The third-order valence-electron chi connectivity index (χ3n) is 5.29. The lowest BCUT2D eigenvalue weighted by molar-refractivity contribution is -0.148.